The lowest BCUT2D eigenvalue weighted by atomic mass is 10.1. The average molecular weight is 478 g/mol. The summed E-state index contributed by atoms with van der Waals surface area (Å²) >= 11 is 3.89. The van der Waals surface area contributed by atoms with Gasteiger partial charge < -0.3 is 43.4 Å². The van der Waals surface area contributed by atoms with Crippen LogP contribution in [0.15, 0.2) is 0 Å². The van der Waals surface area contributed by atoms with E-state index in [2.05, 4.69) is 23.3 Å². The Bertz CT molecular complexity index is 762. The van der Waals surface area contributed by atoms with Gasteiger partial charge >= 0.3 is 11.9 Å². The van der Waals surface area contributed by atoms with E-state index < -0.39 is 78.5 Å². The SMILES string of the molecule is NC(=O)CCC(NC(=O)C(N)CC(N)=O)C(=O)NC(CS)C(=O)NC(CC(=O)O)C(=O)O. The average Bonchev–Trinajstić information content (AvgIpc) is 2.66. The minimum atomic E-state index is -1.77. The molecule has 5 amide bonds. The number of hydrogen-bond donors (Lipinski definition) is 9. The second-order valence-electron chi connectivity index (χ2n) is 6.58. The Morgan fingerprint density at radius 2 is 1.25 bits per heavy atom. The highest BCUT2D eigenvalue weighted by molar-refractivity contribution is 7.80. The fourth-order valence-electron chi connectivity index (χ4n) is 2.26. The minimum absolute atomic E-state index is 0.284. The fraction of sp³-hybridized carbons (Fsp3) is 0.562. The number of carbonyl (C=O) groups excluding carboxylic acids is 5. The molecule has 0 aliphatic rings. The lowest BCUT2D eigenvalue weighted by molar-refractivity contribution is -0.147. The maximum absolute atomic E-state index is 12.6. The van der Waals surface area contributed by atoms with Gasteiger partial charge in [0.05, 0.1) is 18.9 Å². The first-order valence-corrected chi connectivity index (χ1v) is 9.70. The Morgan fingerprint density at radius 1 is 0.750 bits per heavy atom. The normalized spacial score (nSPS) is 14.2. The van der Waals surface area contributed by atoms with Crippen LogP contribution in [0.3, 0.4) is 0 Å². The molecule has 4 unspecified atom stereocenters. The van der Waals surface area contributed by atoms with Crippen molar-refractivity contribution in [1.82, 2.24) is 16.0 Å². The number of carboxylic acid groups (broad SMARTS) is 2. The topological polar surface area (TPSA) is 274 Å². The largest absolute Gasteiger partial charge is 0.481 e. The molecule has 0 fully saturated rings. The number of primary amides is 2. The van der Waals surface area contributed by atoms with Gasteiger partial charge in [-0.1, -0.05) is 0 Å². The zero-order chi connectivity index (χ0) is 25.0. The molecular formula is C16H26N6O9S. The second kappa shape index (κ2) is 13.8. The van der Waals surface area contributed by atoms with Crippen molar-refractivity contribution in [2.24, 2.45) is 17.2 Å². The van der Waals surface area contributed by atoms with E-state index >= 15 is 0 Å². The van der Waals surface area contributed by atoms with Crippen LogP contribution < -0.4 is 33.2 Å². The molecule has 0 aromatic heterocycles. The summed E-state index contributed by atoms with van der Waals surface area (Å²) in [6.45, 7) is 0. The molecule has 0 heterocycles. The van der Waals surface area contributed by atoms with Crippen molar-refractivity contribution < 1.29 is 43.8 Å². The van der Waals surface area contributed by atoms with Gasteiger partial charge in [0.25, 0.3) is 0 Å². The number of rotatable bonds is 15. The third kappa shape index (κ3) is 11.1. The number of carboxylic acids is 2. The molecule has 0 aliphatic carbocycles. The van der Waals surface area contributed by atoms with E-state index in [0.29, 0.717) is 0 Å². The molecule has 0 spiro atoms. The van der Waals surface area contributed by atoms with Crippen LogP contribution in [0.4, 0.5) is 0 Å². The van der Waals surface area contributed by atoms with Gasteiger partial charge in [-0.05, 0) is 6.42 Å². The monoisotopic (exact) mass is 478 g/mol. The molecule has 0 saturated carbocycles. The zero-order valence-corrected chi connectivity index (χ0v) is 17.7. The molecule has 180 valence electrons. The van der Waals surface area contributed by atoms with Gasteiger partial charge in [0.2, 0.25) is 29.5 Å². The summed E-state index contributed by atoms with van der Waals surface area (Å²) in [5, 5.41) is 24.1. The van der Waals surface area contributed by atoms with Crippen LogP contribution in [-0.4, -0.2) is 81.6 Å². The molecule has 0 rings (SSSR count). The maximum Gasteiger partial charge on any atom is 0.326 e. The molecule has 15 nitrogen and oxygen atoms in total. The highest BCUT2D eigenvalue weighted by Crippen LogP contribution is 2.02. The quantitative estimate of drug-likeness (QED) is 0.102. The first-order chi connectivity index (χ1) is 14.8. The van der Waals surface area contributed by atoms with Crippen LogP contribution in [0.2, 0.25) is 0 Å². The molecule has 4 atom stereocenters. The maximum atomic E-state index is 12.6. The first kappa shape index (κ1) is 28.6. The summed E-state index contributed by atoms with van der Waals surface area (Å²) < 4.78 is 0. The standard InChI is InChI=1S/C16H26N6O9S/c17-6(3-11(19)24)13(27)20-7(1-2-10(18)23)14(28)22-9(5-32)15(29)21-8(16(30)31)4-12(25)26/h6-9,32H,1-5,17H2,(H2,18,23)(H2,19,24)(H,20,27)(H,21,29)(H,22,28)(H,25,26)(H,30,31). The smallest absolute Gasteiger partial charge is 0.326 e. The van der Waals surface area contributed by atoms with Gasteiger partial charge in [0, 0.05) is 12.2 Å². The Labute approximate surface area is 187 Å². The van der Waals surface area contributed by atoms with Gasteiger partial charge in [0.1, 0.15) is 18.1 Å². The highest BCUT2D eigenvalue weighted by atomic mass is 32.1. The van der Waals surface area contributed by atoms with E-state index in [1.165, 1.54) is 0 Å². The third-order valence-corrected chi connectivity index (χ3v) is 4.24. The number of carbonyl (C=O) groups is 7. The van der Waals surface area contributed by atoms with Crippen LogP contribution in [0, 0.1) is 0 Å². The molecule has 11 N–H and O–H groups in total. The fourth-order valence-corrected chi connectivity index (χ4v) is 2.51. The van der Waals surface area contributed by atoms with Crippen molar-refractivity contribution >= 4 is 54.1 Å². The van der Waals surface area contributed by atoms with Gasteiger partial charge in [-0.25, -0.2) is 4.79 Å². The van der Waals surface area contributed by atoms with Gasteiger partial charge in [-0.15, -0.1) is 0 Å². The number of amides is 5. The number of nitrogens with one attached hydrogen (secondary N) is 3. The summed E-state index contributed by atoms with van der Waals surface area (Å²) in [4.78, 5) is 80.8. The molecule has 16 heteroatoms. The predicted octanol–water partition coefficient (Wildman–Crippen LogP) is -4.60. The number of aliphatic carboxylic acids is 2. The number of hydrogen-bond acceptors (Lipinski definition) is 9. The van der Waals surface area contributed by atoms with Crippen LogP contribution >= 0.6 is 12.6 Å². The lowest BCUT2D eigenvalue weighted by Crippen LogP contribution is -2.58. The van der Waals surface area contributed by atoms with Gasteiger partial charge in [-0.3, -0.25) is 28.8 Å². The van der Waals surface area contributed by atoms with E-state index in [9.17, 15) is 33.6 Å². The van der Waals surface area contributed by atoms with Crippen LogP contribution in [0.5, 0.6) is 0 Å². The Balaban J connectivity index is 5.33. The van der Waals surface area contributed by atoms with Crippen molar-refractivity contribution in [2.45, 2.75) is 49.9 Å². The second-order valence-corrected chi connectivity index (χ2v) is 6.95. The van der Waals surface area contributed by atoms with Crippen LogP contribution in [0.25, 0.3) is 0 Å². The van der Waals surface area contributed by atoms with Crippen LogP contribution in [-0.2, 0) is 33.6 Å². The molecule has 0 bridgehead atoms. The van der Waals surface area contributed by atoms with Gasteiger partial charge in [-0.2, -0.15) is 12.6 Å². The number of thiol groups is 1. The van der Waals surface area contributed by atoms with Crippen LogP contribution in [0.1, 0.15) is 25.7 Å². The van der Waals surface area contributed by atoms with Crippen molar-refractivity contribution in [3.63, 3.8) is 0 Å². The third-order valence-electron chi connectivity index (χ3n) is 3.88. The molecular weight excluding hydrogens is 452 g/mol. The van der Waals surface area contributed by atoms with Crippen molar-refractivity contribution in [1.29, 1.82) is 0 Å². The predicted molar refractivity (Wildman–Crippen MR) is 110 cm³/mol. The summed E-state index contributed by atoms with van der Waals surface area (Å²) in [7, 11) is 0. The van der Waals surface area contributed by atoms with Crippen molar-refractivity contribution in [3.8, 4) is 0 Å². The molecule has 0 aliphatic heterocycles. The number of nitrogens with two attached hydrogens (primary N) is 3. The summed E-state index contributed by atoms with van der Waals surface area (Å²) in [6, 6.07) is -5.98. The zero-order valence-electron chi connectivity index (χ0n) is 16.8. The summed E-state index contributed by atoms with van der Waals surface area (Å²) in [5.41, 5.74) is 15.5. The molecule has 0 aromatic rings. The van der Waals surface area contributed by atoms with E-state index in [0.717, 1.165) is 0 Å². The van der Waals surface area contributed by atoms with E-state index in [4.69, 9.17) is 27.4 Å². The Kier molecular flexibility index (Phi) is 12.3. The lowest BCUT2D eigenvalue weighted by Gasteiger charge is -2.24. The summed E-state index contributed by atoms with van der Waals surface area (Å²) in [5.74, 6) is -8.03. The molecule has 0 aromatic carbocycles. The van der Waals surface area contributed by atoms with E-state index in [1.54, 1.807) is 0 Å². The highest BCUT2D eigenvalue weighted by Gasteiger charge is 2.30. The van der Waals surface area contributed by atoms with E-state index in [-0.39, 0.29) is 18.6 Å². The van der Waals surface area contributed by atoms with E-state index in [1.807, 2.05) is 5.32 Å². The minimum Gasteiger partial charge on any atom is -0.481 e. The Morgan fingerprint density at radius 3 is 1.69 bits per heavy atom. The first-order valence-electron chi connectivity index (χ1n) is 9.07. The molecule has 0 radical (unpaired) electrons. The molecule has 0 saturated heterocycles. The van der Waals surface area contributed by atoms with Crippen molar-refractivity contribution in [2.75, 3.05) is 5.75 Å². The van der Waals surface area contributed by atoms with Gasteiger partial charge in [0.15, 0.2) is 0 Å². The van der Waals surface area contributed by atoms with Crippen molar-refractivity contribution in [3.05, 3.63) is 0 Å². The Hall–Kier alpha value is -3.40. The summed E-state index contributed by atoms with van der Waals surface area (Å²) in [6.07, 6.45) is -2.05. The molecule has 32 heavy (non-hydrogen) atoms.